The molecular weight excluding hydrogens is 84.0 g/mol. The molecule has 0 atom stereocenters. The summed E-state index contributed by atoms with van der Waals surface area (Å²) in [6, 6.07) is 0. The highest BCUT2D eigenvalue weighted by atomic mass is 16.2. The molecule has 0 N–H and O–H groups in total. The Labute approximate surface area is 33.9 Å². The van der Waals surface area contributed by atoms with Crippen LogP contribution < -0.4 is 0 Å². The van der Waals surface area contributed by atoms with Gasteiger partial charge in [-0.3, -0.25) is 0 Å². The van der Waals surface area contributed by atoms with Crippen LogP contribution in [-0.4, -0.2) is 17.5 Å². The highest BCUT2D eigenvalue weighted by Crippen LogP contribution is 1.48. The van der Waals surface area contributed by atoms with Crippen LogP contribution in [0.5, 0.6) is 0 Å². The molecule has 0 aliphatic carbocycles. The maximum Gasteiger partial charge on any atom is 0.525 e. The lowest BCUT2D eigenvalue weighted by Gasteiger charge is -1.66. The first-order valence-corrected chi connectivity index (χ1v) is 1.06. The fourth-order valence-electron chi connectivity index (χ4n) is 0.0186. The van der Waals surface area contributed by atoms with Crippen LogP contribution in [0.3, 0.4) is 0 Å². The zero-order valence-electron chi connectivity index (χ0n) is 2.71. The van der Waals surface area contributed by atoms with E-state index < -0.39 is 0 Å². The molecule has 30 valence electrons. The molecule has 0 fully saturated rings. The summed E-state index contributed by atoms with van der Waals surface area (Å²) in [6.07, 6.45) is 1.66. The molecule has 6 heavy (non-hydrogen) atoms. The van der Waals surface area contributed by atoms with E-state index in [1.165, 1.54) is 0 Å². The van der Waals surface area contributed by atoms with Crippen molar-refractivity contribution >= 4 is 12.8 Å². The van der Waals surface area contributed by atoms with E-state index in [1.54, 1.807) is 0 Å². The van der Waals surface area contributed by atoms with Gasteiger partial charge in [0.1, 0.15) is 0 Å². The lowest BCUT2D eigenvalue weighted by molar-refractivity contribution is -0.293. The van der Waals surface area contributed by atoms with Crippen molar-refractivity contribution in [1.29, 1.82) is 0 Å². The molecule has 0 aliphatic heterocycles. The normalized spacial score (nSPS) is 6.67. The molecule has 0 spiro atoms. The van der Waals surface area contributed by atoms with Gasteiger partial charge in [-0.15, -0.1) is 0 Å². The summed E-state index contributed by atoms with van der Waals surface area (Å²) >= 11 is 0. The van der Waals surface area contributed by atoms with Crippen LogP contribution in [-0.2, 0) is 9.59 Å². The van der Waals surface area contributed by atoms with Crippen molar-refractivity contribution in [3.05, 3.63) is 5.53 Å². The van der Waals surface area contributed by atoms with Crippen LogP contribution in [0, 0.1) is 0 Å². The van der Waals surface area contributed by atoms with Crippen LogP contribution >= 0.6 is 0 Å². The van der Waals surface area contributed by atoms with Gasteiger partial charge in [-0.1, -0.05) is 0 Å². The fourth-order valence-corrected chi connectivity index (χ4v) is 0.0186. The third kappa shape index (κ3) is 1.28. The molecule has 0 saturated heterocycles. The lowest BCUT2D eigenvalue weighted by atomic mass is 11.2. The zero-order chi connectivity index (χ0) is 4.99. The summed E-state index contributed by atoms with van der Waals surface area (Å²) in [5.41, 5.74) is 7.65. The molecule has 0 aromatic rings. The minimum absolute atomic E-state index is 0.361. The van der Waals surface area contributed by atoms with Gasteiger partial charge in [0.2, 0.25) is 0 Å². The molecule has 0 saturated carbocycles. The second-order valence-electron chi connectivity index (χ2n) is 0.494. The van der Waals surface area contributed by atoms with E-state index in [4.69, 9.17) is 15.1 Å². The molecule has 2 radical (unpaired) electrons. The molecule has 0 bridgehead atoms. The Morgan fingerprint density at radius 2 is 1.67 bits per heavy atom. The van der Waals surface area contributed by atoms with Crippen LogP contribution in [0.4, 0.5) is 0 Å². The first-order chi connectivity index (χ1) is 2.81. The summed E-state index contributed by atoms with van der Waals surface area (Å²) < 4.78 is -0.361. The van der Waals surface area contributed by atoms with Gasteiger partial charge in [-0.25, -0.2) is 9.59 Å². The Kier molecular flexibility index (Phi) is 1.81. The average Bonchev–Trinajstić information content (AvgIpc) is 1.65. The highest BCUT2D eigenvalue weighted by Gasteiger charge is 1.87. The molecular formula is C2N2O2. The molecule has 0 aromatic heterocycles. The Morgan fingerprint density at radius 3 is 1.67 bits per heavy atom. The van der Waals surface area contributed by atoms with Crippen molar-refractivity contribution in [3.63, 3.8) is 0 Å². The van der Waals surface area contributed by atoms with Gasteiger partial charge >= 0.3 is 12.8 Å². The third-order valence-corrected chi connectivity index (χ3v) is 0.173. The minimum Gasteiger partial charge on any atom is -0.487 e. The summed E-state index contributed by atoms with van der Waals surface area (Å²) in [4.78, 5) is 18.0. The van der Waals surface area contributed by atoms with E-state index in [2.05, 4.69) is 0 Å². The first kappa shape index (κ1) is 4.94. The van der Waals surface area contributed by atoms with Crippen molar-refractivity contribution in [3.8, 4) is 0 Å². The van der Waals surface area contributed by atoms with Crippen LogP contribution in [0.1, 0.15) is 0 Å². The number of carbonyl (C=O) groups excluding carboxylic acids is 2. The van der Waals surface area contributed by atoms with Crippen molar-refractivity contribution in [2.75, 3.05) is 0 Å². The Balaban J connectivity index is 3.52. The Bertz CT molecular complexity index is 77.5. The fraction of sp³-hybridized carbons (Fsp3) is 0. The number of amides is 2. The maximum atomic E-state index is 9.02. The third-order valence-electron chi connectivity index (χ3n) is 0.173. The van der Waals surface area contributed by atoms with Crippen molar-refractivity contribution in [2.45, 2.75) is 0 Å². The monoisotopic (exact) mass is 84.0 g/mol. The topological polar surface area (TPSA) is 59.5 Å². The van der Waals surface area contributed by atoms with Crippen molar-refractivity contribution in [1.82, 2.24) is 0 Å². The Hall–Kier alpha value is -1.06. The quantitative estimate of drug-likeness (QED) is 0.248. The SMILES string of the molecule is [N-]=[N+]([C]=O)[C]=O. The predicted octanol–water partition coefficient (Wildman–Crippen LogP) is -0.845. The maximum absolute atomic E-state index is 9.02. The molecule has 0 unspecified atom stereocenters. The second kappa shape index (κ2) is 2.19. The largest absolute Gasteiger partial charge is 0.525 e. The van der Waals surface area contributed by atoms with Gasteiger partial charge in [-0.2, -0.15) is 4.70 Å². The standard InChI is InChI=1S/C2N2O2/c3-4(1-5)2-6. The van der Waals surface area contributed by atoms with Gasteiger partial charge in [0.15, 0.2) is 0 Å². The molecule has 4 heteroatoms. The summed E-state index contributed by atoms with van der Waals surface area (Å²) in [5, 5.41) is 0. The second-order valence-corrected chi connectivity index (χ2v) is 0.494. The van der Waals surface area contributed by atoms with Gasteiger partial charge in [-0.05, 0) is 0 Å². The van der Waals surface area contributed by atoms with E-state index in [0.29, 0.717) is 0 Å². The van der Waals surface area contributed by atoms with Gasteiger partial charge < -0.3 is 5.53 Å². The van der Waals surface area contributed by atoms with Crippen molar-refractivity contribution in [2.24, 2.45) is 0 Å². The van der Waals surface area contributed by atoms with E-state index in [-0.39, 0.29) is 4.70 Å². The van der Waals surface area contributed by atoms with Gasteiger partial charge in [0, 0.05) is 0 Å². The van der Waals surface area contributed by atoms with Crippen LogP contribution in [0.2, 0.25) is 0 Å². The molecule has 0 heterocycles. The smallest absolute Gasteiger partial charge is 0.487 e. The van der Waals surface area contributed by atoms with E-state index in [0.717, 1.165) is 12.8 Å². The number of imide groups is 1. The van der Waals surface area contributed by atoms with Gasteiger partial charge in [0.05, 0.1) is 0 Å². The highest BCUT2D eigenvalue weighted by molar-refractivity contribution is 5.51. The van der Waals surface area contributed by atoms with E-state index >= 15 is 0 Å². The summed E-state index contributed by atoms with van der Waals surface area (Å²) in [5.74, 6) is 0. The minimum atomic E-state index is -0.361. The zero-order valence-corrected chi connectivity index (χ0v) is 2.71. The molecule has 0 aromatic carbocycles. The predicted molar refractivity (Wildman–Crippen MR) is 15.0 cm³/mol. The average molecular weight is 84.0 g/mol. The molecule has 0 aliphatic rings. The molecule has 2 amide bonds. The first-order valence-electron chi connectivity index (χ1n) is 1.06. The number of hydrogen-bond donors (Lipinski definition) is 0. The van der Waals surface area contributed by atoms with Gasteiger partial charge in [0.25, 0.3) is 0 Å². The van der Waals surface area contributed by atoms with E-state index in [1.807, 2.05) is 0 Å². The molecule has 4 nitrogen and oxygen atoms in total. The number of nitrogens with zero attached hydrogens (tertiary/aromatic N) is 2. The van der Waals surface area contributed by atoms with Crippen LogP contribution in [0.25, 0.3) is 5.53 Å². The molecule has 0 rings (SSSR count). The summed E-state index contributed by atoms with van der Waals surface area (Å²) in [6.45, 7) is 0. The van der Waals surface area contributed by atoms with Crippen LogP contribution in [0.15, 0.2) is 0 Å². The number of hydrogen-bond acceptors (Lipinski definition) is 2. The van der Waals surface area contributed by atoms with E-state index in [9.17, 15) is 0 Å². The summed E-state index contributed by atoms with van der Waals surface area (Å²) in [7, 11) is 0. The van der Waals surface area contributed by atoms with Crippen molar-refractivity contribution < 1.29 is 14.3 Å². The number of rotatable bonds is 2. The lowest BCUT2D eigenvalue weighted by Crippen LogP contribution is -1.97. The Morgan fingerprint density at radius 1 is 1.33 bits per heavy atom.